The fourth-order valence-corrected chi connectivity index (χ4v) is 3.88. The van der Waals surface area contributed by atoms with Gasteiger partial charge in [-0.1, -0.05) is 5.92 Å². The predicted molar refractivity (Wildman–Crippen MR) is 115 cm³/mol. The van der Waals surface area contributed by atoms with Crippen LogP contribution in [0.3, 0.4) is 0 Å². The fourth-order valence-electron chi connectivity index (χ4n) is 3.88. The number of nitrogens with zero attached hydrogens (tertiary/aromatic N) is 5. The average Bonchev–Trinajstić information content (AvgIpc) is 3.25. The van der Waals surface area contributed by atoms with E-state index in [1.54, 1.807) is 9.80 Å². The number of rotatable bonds is 3. The Kier molecular flexibility index (Phi) is 6.18. The molecule has 1 fully saturated rings. The maximum Gasteiger partial charge on any atom is 0.416 e. The lowest BCUT2D eigenvalue weighted by molar-refractivity contribution is -0.137. The van der Waals surface area contributed by atoms with Gasteiger partial charge in [0.05, 0.1) is 37.6 Å². The topological polar surface area (TPSA) is 120 Å². The first-order chi connectivity index (χ1) is 16.2. The summed E-state index contributed by atoms with van der Waals surface area (Å²) >= 11 is 0. The Morgan fingerprint density at radius 3 is 2.59 bits per heavy atom. The van der Waals surface area contributed by atoms with Crippen LogP contribution in [0.15, 0.2) is 18.2 Å². The van der Waals surface area contributed by atoms with Gasteiger partial charge in [-0.05, 0) is 23.8 Å². The van der Waals surface area contributed by atoms with Gasteiger partial charge in [0.15, 0.2) is 0 Å². The molecule has 1 saturated heterocycles. The minimum atomic E-state index is -4.60. The molecule has 1 aromatic heterocycles. The van der Waals surface area contributed by atoms with Gasteiger partial charge in [-0.25, -0.2) is 14.8 Å². The third kappa shape index (κ3) is 4.67. The molecule has 3 N–H and O–H groups in total. The van der Waals surface area contributed by atoms with Gasteiger partial charge in [0.25, 0.3) is 0 Å². The first-order valence-corrected chi connectivity index (χ1v) is 10.3. The van der Waals surface area contributed by atoms with Crippen molar-refractivity contribution in [2.45, 2.75) is 25.3 Å². The number of aromatic nitrogens is 2. The molecule has 0 bridgehead atoms. The summed E-state index contributed by atoms with van der Waals surface area (Å²) in [6, 6.07) is 3.70. The number of benzene rings is 1. The largest absolute Gasteiger partial charge is 0.416 e. The van der Waals surface area contributed by atoms with E-state index in [-0.39, 0.29) is 42.0 Å². The van der Waals surface area contributed by atoms with Crippen molar-refractivity contribution in [1.82, 2.24) is 19.8 Å². The number of alkyl halides is 3. The van der Waals surface area contributed by atoms with E-state index in [4.69, 9.17) is 16.9 Å². The summed E-state index contributed by atoms with van der Waals surface area (Å²) < 4.78 is 45.1. The van der Waals surface area contributed by atoms with Crippen molar-refractivity contribution in [2.75, 3.05) is 37.4 Å². The van der Waals surface area contributed by atoms with Crippen molar-refractivity contribution in [3.05, 3.63) is 46.4 Å². The van der Waals surface area contributed by atoms with Crippen molar-refractivity contribution in [3.8, 4) is 18.4 Å². The van der Waals surface area contributed by atoms with E-state index in [0.717, 1.165) is 12.1 Å². The number of urea groups is 1. The van der Waals surface area contributed by atoms with Crippen LogP contribution < -0.4 is 11.1 Å². The first kappa shape index (κ1) is 23.1. The Bertz CT molecular complexity index is 1200. The highest BCUT2D eigenvalue weighted by Crippen LogP contribution is 2.34. The van der Waals surface area contributed by atoms with Gasteiger partial charge in [0.2, 0.25) is 5.82 Å². The van der Waals surface area contributed by atoms with Crippen LogP contribution in [-0.4, -0.2) is 52.1 Å². The van der Waals surface area contributed by atoms with Gasteiger partial charge < -0.3 is 25.6 Å². The quantitative estimate of drug-likeness (QED) is 0.521. The molecule has 0 aliphatic carbocycles. The van der Waals surface area contributed by atoms with Crippen molar-refractivity contribution in [2.24, 2.45) is 0 Å². The lowest BCUT2D eigenvalue weighted by atomic mass is 10.0. The van der Waals surface area contributed by atoms with Gasteiger partial charge in [0, 0.05) is 24.3 Å². The Morgan fingerprint density at radius 2 is 1.94 bits per heavy atom. The summed E-state index contributed by atoms with van der Waals surface area (Å²) in [6.07, 6.45) is 1.02. The number of hydrogen-bond donors (Lipinski definition) is 2. The second-order valence-electron chi connectivity index (χ2n) is 7.80. The number of hydrogen-bond acceptors (Lipinski definition) is 7. The van der Waals surface area contributed by atoms with E-state index in [1.165, 1.54) is 6.07 Å². The van der Waals surface area contributed by atoms with Crippen LogP contribution in [0.5, 0.6) is 0 Å². The van der Waals surface area contributed by atoms with Crippen molar-refractivity contribution < 1.29 is 22.7 Å². The van der Waals surface area contributed by atoms with Gasteiger partial charge in [-0.3, -0.25) is 0 Å². The number of nitriles is 1. The van der Waals surface area contributed by atoms with Gasteiger partial charge in [-0.2, -0.15) is 18.4 Å². The number of carbonyl (C=O) groups excluding carboxylic acids is 1. The summed E-state index contributed by atoms with van der Waals surface area (Å²) in [5, 5.41) is 12.3. The Labute approximate surface area is 193 Å². The van der Waals surface area contributed by atoms with E-state index in [2.05, 4.69) is 21.2 Å². The van der Waals surface area contributed by atoms with E-state index in [1.807, 2.05) is 6.07 Å². The molecule has 12 heteroatoms. The average molecular weight is 471 g/mol. The molecule has 2 aliphatic heterocycles. The number of terminal acetylenes is 1. The van der Waals surface area contributed by atoms with Crippen LogP contribution in [0.4, 0.5) is 29.5 Å². The highest BCUT2D eigenvalue weighted by atomic mass is 19.4. The highest BCUT2D eigenvalue weighted by molar-refractivity contribution is 5.76. The van der Waals surface area contributed by atoms with Crippen LogP contribution in [-0.2, 0) is 24.0 Å². The zero-order valence-corrected chi connectivity index (χ0v) is 17.9. The smallest absolute Gasteiger partial charge is 0.399 e. The molecule has 2 aromatic rings. The maximum atomic E-state index is 13.3. The molecule has 34 heavy (non-hydrogen) atoms. The third-order valence-electron chi connectivity index (χ3n) is 5.52. The molecule has 176 valence electrons. The van der Waals surface area contributed by atoms with E-state index in [0.29, 0.717) is 37.6 Å². The maximum absolute atomic E-state index is 13.3. The number of amides is 2. The summed E-state index contributed by atoms with van der Waals surface area (Å²) in [4.78, 5) is 24.5. The number of halogens is 3. The summed E-state index contributed by atoms with van der Waals surface area (Å²) in [6.45, 7) is 2.13. The predicted octanol–water partition coefficient (Wildman–Crippen LogP) is 2.50. The molecule has 0 unspecified atom stereocenters. The van der Waals surface area contributed by atoms with Crippen LogP contribution in [0.25, 0.3) is 0 Å². The summed E-state index contributed by atoms with van der Waals surface area (Å²) in [5.41, 5.74) is 5.77. The number of carbonyl (C=O) groups is 1. The second kappa shape index (κ2) is 9.08. The second-order valence-corrected chi connectivity index (χ2v) is 7.80. The molecule has 2 amide bonds. The number of nitrogens with one attached hydrogen (secondary N) is 1. The number of fused-ring (bicyclic) bond motifs is 1. The molecule has 1 aromatic carbocycles. The molecule has 2 aliphatic rings. The monoisotopic (exact) mass is 471 g/mol. The molecule has 0 spiro atoms. The zero-order chi connectivity index (χ0) is 24.5. The number of nitrogens with two attached hydrogens (primary N) is 1. The normalized spacial score (nSPS) is 16.4. The van der Waals surface area contributed by atoms with Gasteiger partial charge in [0.1, 0.15) is 17.9 Å². The SMILES string of the molecule is C#C[C@@H](Nc1nc(C#N)nc2c1CN(C(=O)N1CCOCC1)C2)c1cc(N)cc(C(F)(F)F)c1. The molecule has 0 saturated carbocycles. The molecular weight excluding hydrogens is 451 g/mol. The summed E-state index contributed by atoms with van der Waals surface area (Å²) in [7, 11) is 0. The van der Waals surface area contributed by atoms with Crippen LogP contribution >= 0.6 is 0 Å². The fraction of sp³-hybridized carbons (Fsp3) is 0.364. The van der Waals surface area contributed by atoms with Crippen molar-refractivity contribution >= 4 is 17.5 Å². The number of ether oxygens (including phenoxy) is 1. The lowest BCUT2D eigenvalue weighted by Crippen LogP contribution is -2.46. The van der Waals surface area contributed by atoms with Crippen LogP contribution in [0.1, 0.15) is 34.3 Å². The highest BCUT2D eigenvalue weighted by Gasteiger charge is 2.34. The van der Waals surface area contributed by atoms with E-state index < -0.39 is 17.8 Å². The minimum absolute atomic E-state index is 0.0974. The summed E-state index contributed by atoms with van der Waals surface area (Å²) in [5.74, 6) is 2.43. The zero-order valence-electron chi connectivity index (χ0n) is 17.9. The minimum Gasteiger partial charge on any atom is -0.399 e. The molecular formula is C22H20F3N7O2. The standard InChI is InChI=1S/C22H20F3N7O2/c1-2-17(13-7-14(22(23,24)25)9-15(27)8-13)29-20-16-11-32(12-18(16)28-19(10-26)30-20)21(33)31-3-5-34-6-4-31/h1,7-9,17H,3-6,11-12,27H2,(H,28,29,30)/t17-/m1/s1. The van der Waals surface area contributed by atoms with Gasteiger partial charge >= 0.3 is 12.2 Å². The number of anilines is 2. The Morgan fingerprint density at radius 1 is 1.21 bits per heavy atom. The number of morpholine rings is 1. The molecule has 9 nitrogen and oxygen atoms in total. The Balaban J connectivity index is 1.63. The first-order valence-electron chi connectivity index (χ1n) is 10.3. The van der Waals surface area contributed by atoms with Crippen molar-refractivity contribution in [3.63, 3.8) is 0 Å². The molecule has 4 rings (SSSR count). The van der Waals surface area contributed by atoms with E-state index in [9.17, 15) is 23.2 Å². The third-order valence-corrected chi connectivity index (χ3v) is 5.52. The Hall–Kier alpha value is -4.03. The van der Waals surface area contributed by atoms with Gasteiger partial charge in [-0.15, -0.1) is 6.42 Å². The molecule has 1 atom stereocenters. The molecule has 0 radical (unpaired) electrons. The van der Waals surface area contributed by atoms with E-state index >= 15 is 0 Å². The van der Waals surface area contributed by atoms with Crippen LogP contribution in [0.2, 0.25) is 0 Å². The van der Waals surface area contributed by atoms with Crippen LogP contribution in [0, 0.1) is 23.7 Å². The van der Waals surface area contributed by atoms with Crippen molar-refractivity contribution in [1.29, 1.82) is 5.26 Å². The molecule has 3 heterocycles. The lowest BCUT2D eigenvalue weighted by Gasteiger charge is -2.30. The number of nitrogen functional groups attached to an aromatic ring is 1.